The van der Waals surface area contributed by atoms with Crippen LogP contribution in [0, 0.1) is 42.4 Å². The first-order valence-electron chi connectivity index (χ1n) is 11.6. The zero-order chi connectivity index (χ0) is 22.9. The Morgan fingerprint density at radius 2 is 1.64 bits per heavy atom. The van der Waals surface area contributed by atoms with Crippen LogP contribution in [0.25, 0.3) is 0 Å². The summed E-state index contributed by atoms with van der Waals surface area (Å²) in [7, 11) is 0. The Morgan fingerprint density at radius 1 is 1.00 bits per heavy atom. The molecule has 5 nitrogen and oxygen atoms in total. The van der Waals surface area contributed by atoms with E-state index in [0.717, 1.165) is 17.5 Å². The number of nitrogens with zero attached hydrogens (tertiary/aromatic N) is 1. The second-order valence-corrected chi connectivity index (χ2v) is 10.2. The predicted octanol–water partition coefficient (Wildman–Crippen LogP) is 4.25. The van der Waals surface area contributed by atoms with Crippen molar-refractivity contribution in [3.8, 4) is 0 Å². The van der Waals surface area contributed by atoms with Crippen LogP contribution in [0.1, 0.15) is 17.5 Å². The molecule has 7 atom stereocenters. The number of hydrogen-bond acceptors (Lipinski definition) is 3. The minimum absolute atomic E-state index is 0.127. The predicted molar refractivity (Wildman–Crippen MR) is 125 cm³/mol. The van der Waals surface area contributed by atoms with Gasteiger partial charge in [0.2, 0.25) is 17.7 Å². The largest absolute Gasteiger partial charge is 0.324 e. The molecule has 1 N–H and O–H groups in total. The summed E-state index contributed by atoms with van der Waals surface area (Å²) < 4.78 is 0. The molecule has 33 heavy (non-hydrogen) atoms. The summed E-state index contributed by atoms with van der Waals surface area (Å²) in [4.78, 5) is 42.3. The van der Waals surface area contributed by atoms with E-state index in [0.29, 0.717) is 22.5 Å². The molecule has 7 rings (SSSR count). The third-order valence-electron chi connectivity index (χ3n) is 8.11. The molecule has 2 aromatic carbocycles. The van der Waals surface area contributed by atoms with Crippen LogP contribution in [0.4, 0.5) is 5.69 Å². The van der Waals surface area contributed by atoms with Gasteiger partial charge in [0.25, 0.3) is 0 Å². The van der Waals surface area contributed by atoms with Crippen molar-refractivity contribution in [2.75, 3.05) is 5.32 Å². The number of rotatable bonds is 5. The van der Waals surface area contributed by atoms with Crippen molar-refractivity contribution in [1.29, 1.82) is 0 Å². The number of benzene rings is 2. The van der Waals surface area contributed by atoms with E-state index in [1.807, 2.05) is 37.3 Å². The molecule has 1 aliphatic heterocycles. The average Bonchev–Trinajstić information content (AvgIpc) is 3.60. The molecule has 2 bridgehead atoms. The zero-order valence-electron chi connectivity index (χ0n) is 18.3. The molecule has 1 saturated heterocycles. The molecule has 5 aliphatic rings. The van der Waals surface area contributed by atoms with Crippen LogP contribution in [0.5, 0.6) is 0 Å². The monoisotopic (exact) mass is 460 g/mol. The van der Waals surface area contributed by atoms with Gasteiger partial charge in [0.1, 0.15) is 6.04 Å². The lowest BCUT2D eigenvalue weighted by Crippen LogP contribution is -2.49. The lowest BCUT2D eigenvalue weighted by Gasteiger charge is -2.37. The Kier molecular flexibility index (Phi) is 4.73. The van der Waals surface area contributed by atoms with Crippen LogP contribution >= 0.6 is 11.6 Å². The zero-order valence-corrected chi connectivity index (χ0v) is 19.0. The Hall–Kier alpha value is -2.92. The topological polar surface area (TPSA) is 66.5 Å². The van der Waals surface area contributed by atoms with Gasteiger partial charge in [0, 0.05) is 17.1 Å². The van der Waals surface area contributed by atoms with Crippen molar-refractivity contribution in [1.82, 2.24) is 4.90 Å². The summed E-state index contributed by atoms with van der Waals surface area (Å²) in [6.45, 7) is 1.83. The normalized spacial score (nSPS) is 31.9. The van der Waals surface area contributed by atoms with E-state index < -0.39 is 6.04 Å². The fourth-order valence-electron chi connectivity index (χ4n) is 6.38. The number of hydrogen-bond donors (Lipinski definition) is 1. The number of carbonyl (C=O) groups is 3. The van der Waals surface area contributed by atoms with Gasteiger partial charge in [-0.1, -0.05) is 60.2 Å². The molecule has 1 heterocycles. The van der Waals surface area contributed by atoms with Crippen LogP contribution in [0.3, 0.4) is 0 Å². The van der Waals surface area contributed by atoms with Gasteiger partial charge in [0.05, 0.1) is 11.8 Å². The SMILES string of the molecule is Cc1c(Cl)cccc1NC(=O)C(Cc1ccccc1)N1C(=O)C2C3C=CC(C4CC34)C2C1=O. The van der Waals surface area contributed by atoms with E-state index in [1.54, 1.807) is 18.2 Å². The quantitative estimate of drug-likeness (QED) is 0.535. The standard InChI is InChI=1S/C27H25ClN2O3/c1-14-20(28)8-5-9-21(14)29-25(31)22(12-15-6-3-2-4-7-15)30-26(32)23-16-10-11-17(19-13-18(16)19)24(23)27(30)33/h2-11,16-19,22-24H,12-13H2,1H3,(H,29,31). The van der Waals surface area contributed by atoms with Crippen molar-refractivity contribution >= 4 is 35.0 Å². The molecule has 6 heteroatoms. The summed E-state index contributed by atoms with van der Waals surface area (Å²) in [5.41, 5.74) is 2.24. The minimum Gasteiger partial charge on any atom is -0.324 e. The highest BCUT2D eigenvalue weighted by atomic mass is 35.5. The molecule has 7 unspecified atom stereocenters. The minimum atomic E-state index is -0.910. The number of likely N-dealkylation sites (tertiary alicyclic amines) is 1. The van der Waals surface area contributed by atoms with E-state index in [1.165, 1.54) is 4.90 Å². The van der Waals surface area contributed by atoms with E-state index in [9.17, 15) is 14.4 Å². The third kappa shape index (κ3) is 3.17. The summed E-state index contributed by atoms with van der Waals surface area (Å²) in [5.74, 6) is -0.0891. The van der Waals surface area contributed by atoms with Gasteiger partial charge >= 0.3 is 0 Å². The summed E-state index contributed by atoms with van der Waals surface area (Å²) in [6.07, 6.45) is 5.68. The lowest BCUT2D eigenvalue weighted by molar-refractivity contribution is -0.146. The molecule has 3 amide bonds. The highest BCUT2D eigenvalue weighted by molar-refractivity contribution is 6.31. The fourth-order valence-corrected chi connectivity index (χ4v) is 6.56. The molecule has 0 radical (unpaired) electrons. The molecular formula is C27H25ClN2O3. The van der Waals surface area contributed by atoms with Gasteiger partial charge in [-0.3, -0.25) is 19.3 Å². The maximum Gasteiger partial charge on any atom is 0.248 e. The van der Waals surface area contributed by atoms with Gasteiger partial charge in [0.15, 0.2) is 0 Å². The first-order valence-corrected chi connectivity index (χ1v) is 12.0. The highest BCUT2D eigenvalue weighted by Crippen LogP contribution is 2.65. The van der Waals surface area contributed by atoms with Gasteiger partial charge in [-0.25, -0.2) is 0 Å². The van der Waals surface area contributed by atoms with Crippen molar-refractivity contribution in [2.45, 2.75) is 25.8 Å². The maximum atomic E-state index is 13.7. The van der Waals surface area contributed by atoms with Crippen molar-refractivity contribution in [3.63, 3.8) is 0 Å². The van der Waals surface area contributed by atoms with Crippen LogP contribution in [-0.2, 0) is 20.8 Å². The summed E-state index contributed by atoms with van der Waals surface area (Å²) in [5, 5.41) is 3.49. The van der Waals surface area contributed by atoms with Gasteiger partial charge in [-0.2, -0.15) is 0 Å². The van der Waals surface area contributed by atoms with Crippen molar-refractivity contribution in [3.05, 3.63) is 76.8 Å². The Bertz CT molecular complexity index is 1160. The lowest BCUT2D eigenvalue weighted by atomic mass is 9.63. The number of allylic oxidation sites excluding steroid dienone is 2. The molecular weight excluding hydrogens is 436 g/mol. The van der Waals surface area contributed by atoms with Crippen LogP contribution in [0.15, 0.2) is 60.7 Å². The van der Waals surface area contributed by atoms with Gasteiger partial charge in [-0.15, -0.1) is 0 Å². The third-order valence-corrected chi connectivity index (χ3v) is 8.52. The smallest absolute Gasteiger partial charge is 0.248 e. The Balaban J connectivity index is 1.34. The van der Waals surface area contributed by atoms with E-state index in [-0.39, 0.29) is 47.8 Å². The van der Waals surface area contributed by atoms with Crippen molar-refractivity contribution in [2.24, 2.45) is 35.5 Å². The number of anilines is 1. The second kappa shape index (κ2) is 7.56. The van der Waals surface area contributed by atoms with E-state index >= 15 is 0 Å². The van der Waals surface area contributed by atoms with Gasteiger partial charge in [-0.05, 0) is 60.3 Å². The molecule has 0 spiro atoms. The number of amides is 3. The van der Waals surface area contributed by atoms with E-state index in [4.69, 9.17) is 11.6 Å². The Morgan fingerprint density at radius 3 is 2.27 bits per heavy atom. The van der Waals surface area contributed by atoms with Crippen LogP contribution in [-0.4, -0.2) is 28.7 Å². The first kappa shape index (κ1) is 20.7. The number of carbonyl (C=O) groups excluding carboxylic acids is 3. The fraction of sp³-hybridized carbons (Fsp3) is 0.370. The second-order valence-electron chi connectivity index (χ2n) is 9.81. The van der Waals surface area contributed by atoms with Crippen LogP contribution < -0.4 is 5.32 Å². The van der Waals surface area contributed by atoms with Crippen LogP contribution in [0.2, 0.25) is 5.02 Å². The average molecular weight is 461 g/mol. The number of halogens is 1. The molecule has 2 saturated carbocycles. The number of nitrogens with one attached hydrogen (secondary N) is 1. The Labute approximate surface area is 197 Å². The number of imide groups is 1. The molecule has 4 aliphatic carbocycles. The maximum absolute atomic E-state index is 13.7. The highest BCUT2D eigenvalue weighted by Gasteiger charge is 2.67. The molecule has 2 aromatic rings. The summed E-state index contributed by atoms with van der Waals surface area (Å²) >= 11 is 6.24. The van der Waals surface area contributed by atoms with E-state index in [2.05, 4.69) is 17.5 Å². The first-order chi connectivity index (χ1) is 16.0. The van der Waals surface area contributed by atoms with Gasteiger partial charge < -0.3 is 5.32 Å². The summed E-state index contributed by atoms with van der Waals surface area (Å²) in [6, 6.07) is 14.0. The molecule has 168 valence electrons. The van der Waals surface area contributed by atoms with Crippen molar-refractivity contribution < 1.29 is 14.4 Å². The molecule has 3 fully saturated rings. The molecule has 0 aromatic heterocycles.